The monoisotopic (exact) mass is 504 g/mol. The van der Waals surface area contributed by atoms with Crippen molar-refractivity contribution in [1.29, 1.82) is 5.26 Å². The standard InChI is InChI=1S/C26H44N6O4/c1-3-12-31-13-10-26(20-27,11-14-31)30-23(33)22(19-21-8-6-5-7-9-21)28-24(29-25(34)36-4-2)32-15-17-35-18-16-32/h21-22H,3-19H2,1-2H3,(H,30,33)(H,28,29,34)/t22-/m0/s1. The van der Waals surface area contributed by atoms with Gasteiger partial charge in [0.1, 0.15) is 11.6 Å². The van der Waals surface area contributed by atoms with Crippen LogP contribution in [0.5, 0.6) is 0 Å². The summed E-state index contributed by atoms with van der Waals surface area (Å²) in [5.41, 5.74) is -0.880. The van der Waals surface area contributed by atoms with Crippen molar-refractivity contribution in [2.45, 2.75) is 83.2 Å². The lowest BCUT2D eigenvalue weighted by Gasteiger charge is -2.38. The number of alkyl carbamates (subject to hydrolysis) is 1. The lowest BCUT2D eigenvalue weighted by Crippen LogP contribution is -2.57. The number of nitrogens with zero attached hydrogens (tertiary/aromatic N) is 4. The highest BCUT2D eigenvalue weighted by Crippen LogP contribution is 2.29. The number of carbonyl (C=O) groups excluding carboxylic acids is 2. The molecule has 0 aromatic rings. The van der Waals surface area contributed by atoms with Gasteiger partial charge in [-0.25, -0.2) is 9.79 Å². The number of morpholine rings is 1. The van der Waals surface area contributed by atoms with Gasteiger partial charge in [0.05, 0.1) is 25.9 Å². The van der Waals surface area contributed by atoms with Gasteiger partial charge in [-0.2, -0.15) is 5.26 Å². The van der Waals surface area contributed by atoms with E-state index in [0.29, 0.717) is 57.4 Å². The molecule has 0 aromatic heterocycles. The van der Waals surface area contributed by atoms with Gasteiger partial charge in [-0.1, -0.05) is 39.0 Å². The van der Waals surface area contributed by atoms with E-state index in [9.17, 15) is 14.9 Å². The summed E-state index contributed by atoms with van der Waals surface area (Å²) in [5, 5.41) is 15.9. The van der Waals surface area contributed by atoms with Crippen LogP contribution in [0.4, 0.5) is 4.79 Å². The molecule has 1 atom stereocenters. The average Bonchev–Trinajstić information content (AvgIpc) is 2.90. The predicted octanol–water partition coefficient (Wildman–Crippen LogP) is 2.64. The summed E-state index contributed by atoms with van der Waals surface area (Å²) in [4.78, 5) is 35.1. The van der Waals surface area contributed by atoms with Crippen LogP contribution in [0.25, 0.3) is 0 Å². The molecule has 1 aliphatic carbocycles. The summed E-state index contributed by atoms with van der Waals surface area (Å²) in [6.07, 6.45) is 8.00. The quantitative estimate of drug-likeness (QED) is 0.385. The van der Waals surface area contributed by atoms with Crippen LogP contribution in [0.1, 0.15) is 71.6 Å². The minimum Gasteiger partial charge on any atom is -0.450 e. The van der Waals surface area contributed by atoms with E-state index < -0.39 is 17.7 Å². The summed E-state index contributed by atoms with van der Waals surface area (Å²) in [6, 6.07) is 1.72. The molecule has 0 bridgehead atoms. The third kappa shape index (κ3) is 8.34. The molecular weight excluding hydrogens is 460 g/mol. The SMILES string of the molecule is CCCN1CCC(C#N)(NC(=O)[C@H](CC2CCCCC2)N=C(NC(=O)OCC)N2CCOCC2)CC1. The fourth-order valence-electron chi connectivity index (χ4n) is 5.39. The molecule has 2 amide bonds. The van der Waals surface area contributed by atoms with Gasteiger partial charge in [-0.05, 0) is 45.1 Å². The maximum absolute atomic E-state index is 13.7. The first-order valence-corrected chi connectivity index (χ1v) is 13.8. The Kier molecular flexibility index (Phi) is 11.3. The van der Waals surface area contributed by atoms with Crippen LogP contribution in [0, 0.1) is 17.2 Å². The zero-order valence-corrected chi connectivity index (χ0v) is 22.1. The van der Waals surface area contributed by atoms with E-state index in [4.69, 9.17) is 14.5 Å². The maximum atomic E-state index is 13.7. The zero-order valence-electron chi connectivity index (χ0n) is 22.1. The van der Waals surface area contributed by atoms with E-state index in [-0.39, 0.29) is 12.5 Å². The van der Waals surface area contributed by atoms with Crippen LogP contribution >= 0.6 is 0 Å². The number of hydrogen-bond donors (Lipinski definition) is 2. The van der Waals surface area contributed by atoms with Crippen molar-refractivity contribution < 1.29 is 19.1 Å². The second-order valence-electron chi connectivity index (χ2n) is 10.2. The van der Waals surface area contributed by atoms with E-state index in [1.807, 2.05) is 4.90 Å². The number of hydrogen-bond acceptors (Lipinski definition) is 7. The molecule has 0 spiro atoms. The Balaban J connectivity index is 1.81. The molecule has 2 aliphatic heterocycles. The van der Waals surface area contributed by atoms with Gasteiger partial charge in [0.25, 0.3) is 0 Å². The molecule has 2 saturated heterocycles. The van der Waals surface area contributed by atoms with Crippen molar-refractivity contribution in [1.82, 2.24) is 20.4 Å². The highest BCUT2D eigenvalue weighted by atomic mass is 16.5. The fourth-order valence-corrected chi connectivity index (χ4v) is 5.39. The van der Waals surface area contributed by atoms with Crippen molar-refractivity contribution in [3.8, 4) is 6.07 Å². The second-order valence-corrected chi connectivity index (χ2v) is 10.2. The molecule has 2 N–H and O–H groups in total. The van der Waals surface area contributed by atoms with E-state index in [2.05, 4.69) is 28.5 Å². The third-order valence-corrected chi connectivity index (χ3v) is 7.49. The Morgan fingerprint density at radius 3 is 2.44 bits per heavy atom. The summed E-state index contributed by atoms with van der Waals surface area (Å²) in [7, 11) is 0. The summed E-state index contributed by atoms with van der Waals surface area (Å²) in [6.45, 7) is 8.92. The molecule has 10 nitrogen and oxygen atoms in total. The molecule has 202 valence electrons. The Labute approximate surface area is 215 Å². The Morgan fingerprint density at radius 1 is 1.14 bits per heavy atom. The number of nitrogens with one attached hydrogen (secondary N) is 2. The van der Waals surface area contributed by atoms with Crippen LogP contribution < -0.4 is 10.6 Å². The minimum absolute atomic E-state index is 0.234. The van der Waals surface area contributed by atoms with Crippen molar-refractivity contribution >= 4 is 18.0 Å². The number of ether oxygens (including phenoxy) is 2. The van der Waals surface area contributed by atoms with E-state index in [0.717, 1.165) is 51.7 Å². The second kappa shape index (κ2) is 14.4. The highest BCUT2D eigenvalue weighted by molar-refractivity contribution is 5.96. The number of aliphatic imine (C=N–C) groups is 1. The number of piperidine rings is 1. The molecule has 0 aromatic carbocycles. The number of amides is 2. The van der Waals surface area contributed by atoms with Crippen LogP contribution in [0.15, 0.2) is 4.99 Å². The summed E-state index contributed by atoms with van der Waals surface area (Å²) in [5.74, 6) is 0.509. The zero-order chi connectivity index (χ0) is 25.8. The first kappa shape index (κ1) is 28.2. The van der Waals surface area contributed by atoms with Gasteiger partial charge in [-0.15, -0.1) is 0 Å². The number of guanidine groups is 1. The van der Waals surface area contributed by atoms with Gasteiger partial charge in [0.2, 0.25) is 11.9 Å². The Morgan fingerprint density at radius 2 is 1.83 bits per heavy atom. The van der Waals surface area contributed by atoms with Gasteiger partial charge >= 0.3 is 6.09 Å². The lowest BCUT2D eigenvalue weighted by molar-refractivity contribution is -0.124. The van der Waals surface area contributed by atoms with Crippen LogP contribution in [-0.2, 0) is 14.3 Å². The molecule has 10 heteroatoms. The molecule has 3 fully saturated rings. The largest absolute Gasteiger partial charge is 0.450 e. The number of rotatable bonds is 8. The number of carbonyl (C=O) groups is 2. The van der Waals surface area contributed by atoms with Gasteiger partial charge in [0.15, 0.2) is 0 Å². The first-order chi connectivity index (χ1) is 17.5. The molecule has 36 heavy (non-hydrogen) atoms. The van der Waals surface area contributed by atoms with Crippen molar-refractivity contribution in [3.63, 3.8) is 0 Å². The molecule has 0 unspecified atom stereocenters. The van der Waals surface area contributed by atoms with Crippen molar-refractivity contribution in [2.24, 2.45) is 10.9 Å². The van der Waals surface area contributed by atoms with E-state index >= 15 is 0 Å². The smallest absolute Gasteiger partial charge is 0.413 e. The van der Waals surface area contributed by atoms with Crippen molar-refractivity contribution in [2.75, 3.05) is 52.5 Å². The Hall–Kier alpha value is -2.38. The van der Waals surface area contributed by atoms with Crippen LogP contribution in [-0.4, -0.2) is 91.9 Å². The first-order valence-electron chi connectivity index (χ1n) is 13.8. The van der Waals surface area contributed by atoms with Crippen LogP contribution in [0.2, 0.25) is 0 Å². The maximum Gasteiger partial charge on any atom is 0.413 e. The predicted molar refractivity (Wildman–Crippen MR) is 137 cm³/mol. The Bertz CT molecular complexity index is 778. The molecule has 2 heterocycles. The van der Waals surface area contributed by atoms with Gasteiger partial charge < -0.3 is 24.6 Å². The van der Waals surface area contributed by atoms with Gasteiger partial charge in [-0.3, -0.25) is 10.1 Å². The van der Waals surface area contributed by atoms with Crippen molar-refractivity contribution in [3.05, 3.63) is 0 Å². The summed E-state index contributed by atoms with van der Waals surface area (Å²) >= 11 is 0. The minimum atomic E-state index is -0.880. The molecule has 3 aliphatic rings. The lowest BCUT2D eigenvalue weighted by atomic mass is 9.84. The van der Waals surface area contributed by atoms with E-state index in [1.54, 1.807) is 6.92 Å². The molecular formula is C26H44N6O4. The van der Waals surface area contributed by atoms with E-state index in [1.165, 1.54) is 6.42 Å². The number of likely N-dealkylation sites (tertiary alicyclic amines) is 1. The fraction of sp³-hybridized carbons (Fsp3) is 0.846. The van der Waals surface area contributed by atoms with Gasteiger partial charge in [0, 0.05) is 26.2 Å². The molecule has 0 radical (unpaired) electrons. The average molecular weight is 505 g/mol. The normalized spacial score (nSPS) is 22.4. The highest BCUT2D eigenvalue weighted by Gasteiger charge is 2.38. The topological polar surface area (TPSA) is 119 Å². The number of nitriles is 1. The summed E-state index contributed by atoms with van der Waals surface area (Å²) < 4.78 is 10.6. The van der Waals surface area contributed by atoms with Crippen LogP contribution in [0.3, 0.4) is 0 Å². The molecule has 3 rings (SSSR count). The third-order valence-electron chi connectivity index (χ3n) is 7.49. The molecule has 1 saturated carbocycles.